The highest BCUT2D eigenvalue weighted by molar-refractivity contribution is 9.10. The third-order valence-corrected chi connectivity index (χ3v) is 3.75. The lowest BCUT2D eigenvalue weighted by Crippen LogP contribution is -2.05. The van der Waals surface area contributed by atoms with Gasteiger partial charge in [-0.2, -0.15) is 0 Å². The van der Waals surface area contributed by atoms with E-state index in [9.17, 15) is 9.50 Å². The van der Waals surface area contributed by atoms with Crippen molar-refractivity contribution >= 4 is 27.5 Å². The number of aryl methyl sites for hydroxylation is 1. The van der Waals surface area contributed by atoms with Gasteiger partial charge in [0.2, 0.25) is 0 Å². The second-order valence-corrected chi connectivity index (χ2v) is 5.81. The molecule has 0 fully saturated rings. The fourth-order valence-corrected chi connectivity index (χ4v) is 2.56. The van der Waals surface area contributed by atoms with E-state index < -0.39 is 6.10 Å². The molecule has 0 saturated heterocycles. The first-order valence-corrected chi connectivity index (χ1v) is 7.02. The quantitative estimate of drug-likeness (QED) is 0.846. The van der Waals surface area contributed by atoms with Crippen LogP contribution in [0, 0.1) is 12.7 Å². The first-order chi connectivity index (χ1) is 8.97. The van der Waals surface area contributed by atoms with Gasteiger partial charge in [0.25, 0.3) is 0 Å². The van der Waals surface area contributed by atoms with E-state index in [4.69, 9.17) is 11.6 Å². The van der Waals surface area contributed by atoms with Crippen LogP contribution in [-0.4, -0.2) is 5.11 Å². The van der Waals surface area contributed by atoms with Gasteiger partial charge in [-0.25, -0.2) is 4.39 Å². The van der Waals surface area contributed by atoms with Gasteiger partial charge >= 0.3 is 0 Å². The smallest absolute Gasteiger partial charge is 0.126 e. The van der Waals surface area contributed by atoms with Gasteiger partial charge in [-0.15, -0.1) is 0 Å². The highest BCUT2D eigenvalue weighted by Gasteiger charge is 2.14. The summed E-state index contributed by atoms with van der Waals surface area (Å²) < 4.78 is 14.5. The first-order valence-electron chi connectivity index (χ1n) is 5.85. The number of hydrogen-bond donors (Lipinski definition) is 1. The lowest BCUT2D eigenvalue weighted by atomic mass is 9.97. The number of aliphatic hydroxyl groups excluding tert-OH is 1. The minimum atomic E-state index is -0.759. The van der Waals surface area contributed by atoms with Crippen molar-refractivity contribution in [3.63, 3.8) is 0 Å². The average molecular weight is 344 g/mol. The Kier molecular flexibility index (Phi) is 4.61. The van der Waals surface area contributed by atoms with Crippen molar-refractivity contribution in [3.8, 4) is 0 Å². The Morgan fingerprint density at radius 2 is 2.00 bits per heavy atom. The zero-order valence-electron chi connectivity index (χ0n) is 10.3. The zero-order chi connectivity index (χ0) is 14.0. The summed E-state index contributed by atoms with van der Waals surface area (Å²) in [5.74, 6) is -0.351. The molecule has 1 N–H and O–H groups in total. The summed E-state index contributed by atoms with van der Waals surface area (Å²) in [6.07, 6.45) is -0.561. The molecule has 0 aliphatic carbocycles. The van der Waals surface area contributed by atoms with Gasteiger partial charge in [0.05, 0.1) is 6.10 Å². The first kappa shape index (κ1) is 14.5. The summed E-state index contributed by atoms with van der Waals surface area (Å²) >= 11 is 9.22. The second kappa shape index (κ2) is 6.04. The molecule has 1 atom stereocenters. The molecule has 2 aromatic rings. The van der Waals surface area contributed by atoms with Crippen LogP contribution in [0.1, 0.15) is 22.8 Å². The van der Waals surface area contributed by atoms with Crippen LogP contribution < -0.4 is 0 Å². The number of aliphatic hydroxyl groups is 1. The lowest BCUT2D eigenvalue weighted by molar-refractivity contribution is 0.176. The van der Waals surface area contributed by atoms with Crippen LogP contribution in [0.2, 0.25) is 5.02 Å². The molecule has 4 heteroatoms. The molecule has 2 rings (SSSR count). The van der Waals surface area contributed by atoms with Crippen LogP contribution in [0.5, 0.6) is 0 Å². The Hall–Kier alpha value is -0.900. The SMILES string of the molecule is Cc1ccc(Br)cc1C(O)Cc1cc(Cl)ccc1F. The van der Waals surface area contributed by atoms with Gasteiger partial charge in [-0.05, 0) is 53.9 Å². The average Bonchev–Trinajstić information content (AvgIpc) is 2.36. The largest absolute Gasteiger partial charge is 0.388 e. The van der Waals surface area contributed by atoms with E-state index in [-0.39, 0.29) is 12.2 Å². The van der Waals surface area contributed by atoms with E-state index in [1.807, 2.05) is 25.1 Å². The van der Waals surface area contributed by atoms with E-state index in [1.54, 1.807) is 6.07 Å². The number of rotatable bonds is 3. The van der Waals surface area contributed by atoms with Crippen molar-refractivity contribution in [2.75, 3.05) is 0 Å². The molecule has 0 aliphatic rings. The fraction of sp³-hybridized carbons (Fsp3) is 0.200. The predicted octanol–water partition coefficient (Wildman–Crippen LogP) is 4.83. The van der Waals surface area contributed by atoms with Crippen molar-refractivity contribution in [1.29, 1.82) is 0 Å². The Bertz CT molecular complexity index is 601. The van der Waals surface area contributed by atoms with E-state index in [0.717, 1.165) is 15.6 Å². The van der Waals surface area contributed by atoms with Crippen LogP contribution in [0.25, 0.3) is 0 Å². The molecule has 0 bridgehead atoms. The van der Waals surface area contributed by atoms with Crippen molar-refractivity contribution in [2.24, 2.45) is 0 Å². The van der Waals surface area contributed by atoms with Crippen LogP contribution in [0.3, 0.4) is 0 Å². The third kappa shape index (κ3) is 3.56. The second-order valence-electron chi connectivity index (χ2n) is 4.46. The van der Waals surface area contributed by atoms with Crippen LogP contribution in [-0.2, 0) is 6.42 Å². The fourth-order valence-electron chi connectivity index (χ4n) is 1.99. The van der Waals surface area contributed by atoms with Crippen molar-refractivity contribution in [1.82, 2.24) is 0 Å². The Labute approximate surface area is 125 Å². The number of halogens is 3. The molecule has 0 radical (unpaired) electrons. The molecular weight excluding hydrogens is 331 g/mol. The van der Waals surface area contributed by atoms with E-state index in [2.05, 4.69) is 15.9 Å². The maximum Gasteiger partial charge on any atom is 0.126 e. The molecule has 19 heavy (non-hydrogen) atoms. The summed E-state index contributed by atoms with van der Waals surface area (Å²) in [6, 6.07) is 10.0. The summed E-state index contributed by atoms with van der Waals surface area (Å²) in [4.78, 5) is 0. The zero-order valence-corrected chi connectivity index (χ0v) is 12.7. The summed E-state index contributed by atoms with van der Waals surface area (Å²) in [5.41, 5.74) is 2.17. The number of hydrogen-bond acceptors (Lipinski definition) is 1. The molecular formula is C15H13BrClFO. The van der Waals surface area contributed by atoms with Gasteiger partial charge in [0.1, 0.15) is 5.82 Å². The van der Waals surface area contributed by atoms with Crippen molar-refractivity contribution in [3.05, 3.63) is 68.4 Å². The van der Waals surface area contributed by atoms with Gasteiger partial charge in [-0.1, -0.05) is 33.6 Å². The topological polar surface area (TPSA) is 20.2 Å². The van der Waals surface area contributed by atoms with Crippen LogP contribution in [0.15, 0.2) is 40.9 Å². The predicted molar refractivity (Wildman–Crippen MR) is 79.0 cm³/mol. The molecule has 1 nitrogen and oxygen atoms in total. The lowest BCUT2D eigenvalue weighted by Gasteiger charge is -2.15. The van der Waals surface area contributed by atoms with Crippen molar-refractivity contribution in [2.45, 2.75) is 19.4 Å². The maximum absolute atomic E-state index is 13.6. The highest BCUT2D eigenvalue weighted by atomic mass is 79.9. The molecule has 0 aromatic heterocycles. The number of benzene rings is 2. The Morgan fingerprint density at radius 3 is 2.74 bits per heavy atom. The summed E-state index contributed by atoms with van der Waals surface area (Å²) in [6.45, 7) is 1.92. The molecule has 2 aromatic carbocycles. The Balaban J connectivity index is 2.27. The van der Waals surface area contributed by atoms with E-state index in [1.165, 1.54) is 12.1 Å². The Morgan fingerprint density at radius 1 is 1.26 bits per heavy atom. The summed E-state index contributed by atoms with van der Waals surface area (Å²) in [5, 5.41) is 10.7. The van der Waals surface area contributed by atoms with Crippen molar-refractivity contribution < 1.29 is 9.50 Å². The van der Waals surface area contributed by atoms with Gasteiger partial charge in [-0.3, -0.25) is 0 Å². The molecule has 0 saturated carbocycles. The highest BCUT2D eigenvalue weighted by Crippen LogP contribution is 2.26. The molecule has 0 aliphatic heterocycles. The maximum atomic E-state index is 13.6. The third-order valence-electron chi connectivity index (χ3n) is 3.02. The van der Waals surface area contributed by atoms with Gasteiger partial charge in [0.15, 0.2) is 0 Å². The monoisotopic (exact) mass is 342 g/mol. The minimum Gasteiger partial charge on any atom is -0.388 e. The summed E-state index contributed by atoms with van der Waals surface area (Å²) in [7, 11) is 0. The van der Waals surface area contributed by atoms with Gasteiger partial charge < -0.3 is 5.11 Å². The van der Waals surface area contributed by atoms with Crippen LogP contribution in [0.4, 0.5) is 4.39 Å². The van der Waals surface area contributed by atoms with E-state index >= 15 is 0 Å². The molecule has 1 unspecified atom stereocenters. The van der Waals surface area contributed by atoms with Crippen LogP contribution >= 0.6 is 27.5 Å². The standard InChI is InChI=1S/C15H13BrClFO/c1-9-2-3-11(16)8-13(9)15(19)7-10-6-12(17)4-5-14(10)18/h2-6,8,15,19H,7H2,1H3. The minimum absolute atomic E-state index is 0.198. The molecule has 100 valence electrons. The molecule has 0 amide bonds. The van der Waals surface area contributed by atoms with Gasteiger partial charge in [0, 0.05) is 15.9 Å². The normalized spacial score (nSPS) is 12.5. The van der Waals surface area contributed by atoms with E-state index in [0.29, 0.717) is 10.6 Å². The molecule has 0 heterocycles. The molecule has 0 spiro atoms.